The van der Waals surface area contributed by atoms with Gasteiger partial charge >= 0.3 is 5.97 Å². The minimum atomic E-state index is -0.497. The standard InChI is InChI=1S/C13H12N4O3/c1-20-13(19)8-2-3-10(9(14)6-8)17-12(18)11-7-15-4-5-16-11/h2-7H,14H2,1H3,(H,17,18). The number of carbonyl (C=O) groups excluding carboxylic acids is 2. The zero-order valence-corrected chi connectivity index (χ0v) is 10.7. The van der Waals surface area contributed by atoms with Gasteiger partial charge in [0.05, 0.1) is 30.2 Å². The number of nitrogen functional groups attached to an aromatic ring is 1. The Balaban J connectivity index is 2.18. The number of ether oxygens (including phenoxy) is 1. The summed E-state index contributed by atoms with van der Waals surface area (Å²) in [7, 11) is 1.28. The van der Waals surface area contributed by atoms with Crippen LogP contribution in [0.15, 0.2) is 36.8 Å². The Hall–Kier alpha value is -2.96. The van der Waals surface area contributed by atoms with Crippen molar-refractivity contribution in [3.8, 4) is 0 Å². The molecule has 0 radical (unpaired) electrons. The Labute approximate surface area is 114 Å². The number of nitrogens with zero attached hydrogens (tertiary/aromatic N) is 2. The summed E-state index contributed by atoms with van der Waals surface area (Å²) in [5.41, 5.74) is 6.90. The van der Waals surface area contributed by atoms with Crippen LogP contribution in [0.5, 0.6) is 0 Å². The highest BCUT2D eigenvalue weighted by atomic mass is 16.5. The van der Waals surface area contributed by atoms with E-state index in [0.29, 0.717) is 11.3 Å². The molecule has 0 fully saturated rings. The molecule has 20 heavy (non-hydrogen) atoms. The largest absolute Gasteiger partial charge is 0.465 e. The molecule has 0 atom stereocenters. The van der Waals surface area contributed by atoms with E-state index in [-0.39, 0.29) is 11.4 Å². The smallest absolute Gasteiger partial charge is 0.337 e. The molecule has 7 heteroatoms. The lowest BCUT2D eigenvalue weighted by Crippen LogP contribution is -2.15. The molecule has 0 saturated carbocycles. The first-order chi connectivity index (χ1) is 9.61. The zero-order chi connectivity index (χ0) is 14.5. The number of hydrogen-bond acceptors (Lipinski definition) is 6. The maximum Gasteiger partial charge on any atom is 0.337 e. The predicted molar refractivity (Wildman–Crippen MR) is 72.2 cm³/mol. The van der Waals surface area contributed by atoms with Crippen LogP contribution in [-0.4, -0.2) is 29.0 Å². The van der Waals surface area contributed by atoms with Crippen molar-refractivity contribution in [3.05, 3.63) is 48.0 Å². The molecule has 1 aromatic heterocycles. The highest BCUT2D eigenvalue weighted by molar-refractivity contribution is 6.04. The van der Waals surface area contributed by atoms with E-state index in [9.17, 15) is 9.59 Å². The summed E-state index contributed by atoms with van der Waals surface area (Å²) < 4.78 is 4.58. The first kappa shape index (κ1) is 13.5. The Morgan fingerprint density at radius 2 is 2.10 bits per heavy atom. The fourth-order valence-corrected chi connectivity index (χ4v) is 1.52. The van der Waals surface area contributed by atoms with E-state index in [0.717, 1.165) is 0 Å². The number of rotatable bonds is 3. The summed E-state index contributed by atoms with van der Waals surface area (Å²) in [5, 5.41) is 2.59. The number of amides is 1. The molecular formula is C13H12N4O3. The van der Waals surface area contributed by atoms with Crippen molar-refractivity contribution < 1.29 is 14.3 Å². The number of esters is 1. The van der Waals surface area contributed by atoms with Crippen LogP contribution in [0.2, 0.25) is 0 Å². The molecule has 2 rings (SSSR count). The summed E-state index contributed by atoms with van der Waals surface area (Å²) >= 11 is 0. The molecule has 7 nitrogen and oxygen atoms in total. The number of nitrogens with two attached hydrogens (primary N) is 1. The van der Waals surface area contributed by atoms with Crippen molar-refractivity contribution in [2.45, 2.75) is 0 Å². The van der Waals surface area contributed by atoms with Crippen LogP contribution in [0, 0.1) is 0 Å². The molecule has 1 heterocycles. The minimum absolute atomic E-state index is 0.170. The minimum Gasteiger partial charge on any atom is -0.465 e. The van der Waals surface area contributed by atoms with Crippen molar-refractivity contribution in [3.63, 3.8) is 0 Å². The normalized spacial score (nSPS) is 9.85. The molecule has 0 aliphatic rings. The van der Waals surface area contributed by atoms with Gasteiger partial charge < -0.3 is 15.8 Å². The first-order valence-corrected chi connectivity index (χ1v) is 5.67. The van der Waals surface area contributed by atoms with Gasteiger partial charge in [-0.05, 0) is 18.2 Å². The maximum atomic E-state index is 11.9. The third-order valence-electron chi connectivity index (χ3n) is 2.52. The summed E-state index contributed by atoms with van der Waals surface area (Å²) in [6, 6.07) is 4.46. The third kappa shape index (κ3) is 2.89. The Bertz CT molecular complexity index is 643. The lowest BCUT2D eigenvalue weighted by Gasteiger charge is -2.08. The lowest BCUT2D eigenvalue weighted by molar-refractivity contribution is 0.0600. The van der Waals surface area contributed by atoms with Gasteiger partial charge in [0.25, 0.3) is 5.91 Å². The molecule has 0 spiro atoms. The summed E-state index contributed by atoms with van der Waals surface area (Å²) in [6.45, 7) is 0. The van der Waals surface area contributed by atoms with Crippen LogP contribution in [0.1, 0.15) is 20.8 Å². The first-order valence-electron chi connectivity index (χ1n) is 5.67. The van der Waals surface area contributed by atoms with Crippen molar-refractivity contribution >= 4 is 23.3 Å². The summed E-state index contributed by atoms with van der Waals surface area (Å²) in [6.07, 6.45) is 4.23. The van der Waals surface area contributed by atoms with Gasteiger partial charge in [-0.25, -0.2) is 9.78 Å². The van der Waals surface area contributed by atoms with E-state index in [1.54, 1.807) is 0 Å². The number of methoxy groups -OCH3 is 1. The van der Waals surface area contributed by atoms with Gasteiger partial charge in [0.1, 0.15) is 5.69 Å². The molecule has 102 valence electrons. The van der Waals surface area contributed by atoms with Gasteiger partial charge in [-0.3, -0.25) is 9.78 Å². The molecule has 1 amide bonds. The van der Waals surface area contributed by atoms with Crippen LogP contribution in [0.3, 0.4) is 0 Å². The van der Waals surface area contributed by atoms with E-state index in [1.165, 1.54) is 43.9 Å². The van der Waals surface area contributed by atoms with Gasteiger partial charge in [0.2, 0.25) is 0 Å². The Morgan fingerprint density at radius 1 is 1.30 bits per heavy atom. The topological polar surface area (TPSA) is 107 Å². The monoisotopic (exact) mass is 272 g/mol. The third-order valence-corrected chi connectivity index (χ3v) is 2.52. The van der Waals surface area contributed by atoms with E-state index >= 15 is 0 Å². The maximum absolute atomic E-state index is 11.9. The van der Waals surface area contributed by atoms with Crippen LogP contribution < -0.4 is 11.1 Å². The SMILES string of the molecule is COC(=O)c1ccc(NC(=O)c2cnccn2)c(N)c1. The number of hydrogen-bond donors (Lipinski definition) is 2. The Morgan fingerprint density at radius 3 is 2.70 bits per heavy atom. The van der Waals surface area contributed by atoms with Gasteiger partial charge in [0, 0.05) is 12.4 Å². The highest BCUT2D eigenvalue weighted by Gasteiger charge is 2.12. The van der Waals surface area contributed by atoms with E-state index in [2.05, 4.69) is 20.0 Å². The van der Waals surface area contributed by atoms with Crippen molar-refractivity contribution in [2.24, 2.45) is 0 Å². The number of aromatic nitrogens is 2. The molecule has 0 aliphatic heterocycles. The molecule has 0 bridgehead atoms. The summed E-state index contributed by atoms with van der Waals surface area (Å²) in [5.74, 6) is -0.931. The van der Waals surface area contributed by atoms with Gasteiger partial charge in [-0.1, -0.05) is 0 Å². The second-order valence-electron chi connectivity index (χ2n) is 3.84. The van der Waals surface area contributed by atoms with Gasteiger partial charge in [0.15, 0.2) is 0 Å². The van der Waals surface area contributed by atoms with E-state index < -0.39 is 11.9 Å². The molecule has 0 unspecified atom stereocenters. The molecule has 0 saturated heterocycles. The predicted octanol–water partition coefficient (Wildman–Crippen LogP) is 1.10. The Kier molecular flexibility index (Phi) is 3.90. The lowest BCUT2D eigenvalue weighted by atomic mass is 10.1. The molecule has 2 aromatic rings. The van der Waals surface area contributed by atoms with Crippen LogP contribution in [0.4, 0.5) is 11.4 Å². The zero-order valence-electron chi connectivity index (χ0n) is 10.7. The summed E-state index contributed by atoms with van der Waals surface area (Å²) in [4.78, 5) is 30.9. The number of benzene rings is 1. The van der Waals surface area contributed by atoms with Gasteiger partial charge in [-0.15, -0.1) is 0 Å². The van der Waals surface area contributed by atoms with Crippen molar-refractivity contribution in [1.29, 1.82) is 0 Å². The average molecular weight is 272 g/mol. The molecule has 3 N–H and O–H groups in total. The quantitative estimate of drug-likeness (QED) is 0.640. The average Bonchev–Trinajstić information content (AvgIpc) is 2.49. The van der Waals surface area contributed by atoms with Crippen molar-refractivity contribution in [1.82, 2.24) is 9.97 Å². The van der Waals surface area contributed by atoms with Gasteiger partial charge in [-0.2, -0.15) is 0 Å². The van der Waals surface area contributed by atoms with Crippen LogP contribution in [-0.2, 0) is 4.74 Å². The number of anilines is 2. The number of carbonyl (C=O) groups is 2. The van der Waals surface area contributed by atoms with E-state index in [4.69, 9.17) is 5.73 Å². The number of nitrogens with one attached hydrogen (secondary N) is 1. The molecule has 0 aliphatic carbocycles. The second kappa shape index (κ2) is 5.79. The fraction of sp³-hybridized carbons (Fsp3) is 0.0769. The highest BCUT2D eigenvalue weighted by Crippen LogP contribution is 2.20. The van der Waals surface area contributed by atoms with Crippen molar-refractivity contribution in [2.75, 3.05) is 18.2 Å². The van der Waals surface area contributed by atoms with Crippen LogP contribution >= 0.6 is 0 Å². The molecular weight excluding hydrogens is 260 g/mol. The van der Waals surface area contributed by atoms with Crippen LogP contribution in [0.25, 0.3) is 0 Å². The fourth-order valence-electron chi connectivity index (χ4n) is 1.52. The van der Waals surface area contributed by atoms with E-state index in [1.807, 2.05) is 0 Å². The molecule has 1 aromatic carbocycles. The second-order valence-corrected chi connectivity index (χ2v) is 3.84.